The van der Waals surface area contributed by atoms with Crippen molar-refractivity contribution >= 4 is 38.9 Å². The summed E-state index contributed by atoms with van der Waals surface area (Å²) in [5.41, 5.74) is 1.24. The largest absolute Gasteiger partial charge is 0.495 e. The molecule has 2 amide bonds. The zero-order valence-corrected chi connectivity index (χ0v) is 18.0. The van der Waals surface area contributed by atoms with E-state index >= 15 is 0 Å². The Morgan fingerprint density at radius 3 is 2.09 bits per heavy atom. The second kappa shape index (κ2) is 9.48. The van der Waals surface area contributed by atoms with Crippen LogP contribution in [0, 0.1) is 5.82 Å². The van der Waals surface area contributed by atoms with Crippen molar-refractivity contribution in [3.8, 4) is 5.75 Å². The molecular weight excluding hydrogens is 437 g/mol. The van der Waals surface area contributed by atoms with E-state index in [-0.39, 0.29) is 22.1 Å². The molecule has 0 aliphatic rings. The molecule has 0 heterocycles. The van der Waals surface area contributed by atoms with Gasteiger partial charge in [-0.3, -0.25) is 14.3 Å². The normalized spacial score (nSPS) is 10.8. The van der Waals surface area contributed by atoms with Gasteiger partial charge in [0.2, 0.25) is 5.91 Å². The first-order valence-electron chi connectivity index (χ1n) is 9.33. The van der Waals surface area contributed by atoms with E-state index in [1.807, 2.05) is 0 Å². The van der Waals surface area contributed by atoms with Gasteiger partial charge in [-0.25, -0.2) is 12.8 Å². The lowest BCUT2D eigenvalue weighted by Gasteiger charge is -2.12. The van der Waals surface area contributed by atoms with E-state index < -0.39 is 21.7 Å². The van der Waals surface area contributed by atoms with Gasteiger partial charge in [0.25, 0.3) is 15.9 Å². The molecule has 3 aromatic rings. The van der Waals surface area contributed by atoms with Crippen molar-refractivity contribution in [2.45, 2.75) is 11.8 Å². The van der Waals surface area contributed by atoms with Crippen molar-refractivity contribution in [2.75, 3.05) is 22.5 Å². The monoisotopic (exact) mass is 457 g/mol. The molecule has 10 heteroatoms. The zero-order chi connectivity index (χ0) is 23.3. The molecule has 3 aromatic carbocycles. The van der Waals surface area contributed by atoms with E-state index in [9.17, 15) is 22.4 Å². The van der Waals surface area contributed by atoms with Crippen molar-refractivity contribution in [3.63, 3.8) is 0 Å². The SMILES string of the molecule is COc1ccc(NC(=O)c2ccc(S(=O)(=O)Nc3ccc(F)cc3)cc2)cc1NC(C)=O. The second-order valence-corrected chi connectivity index (χ2v) is 8.37. The van der Waals surface area contributed by atoms with Crippen molar-refractivity contribution < 1.29 is 27.1 Å². The van der Waals surface area contributed by atoms with Gasteiger partial charge in [-0.2, -0.15) is 0 Å². The number of ether oxygens (including phenoxy) is 1. The molecule has 0 saturated heterocycles. The van der Waals surface area contributed by atoms with Gasteiger partial charge in [-0.05, 0) is 66.7 Å². The van der Waals surface area contributed by atoms with Crippen molar-refractivity contribution in [3.05, 3.63) is 78.1 Å². The van der Waals surface area contributed by atoms with Crippen LogP contribution in [0.4, 0.5) is 21.5 Å². The van der Waals surface area contributed by atoms with Crippen LogP contribution in [-0.4, -0.2) is 27.3 Å². The first kappa shape index (κ1) is 22.8. The van der Waals surface area contributed by atoms with E-state index in [4.69, 9.17) is 4.74 Å². The molecule has 8 nitrogen and oxygen atoms in total. The Morgan fingerprint density at radius 1 is 0.875 bits per heavy atom. The Bertz CT molecular complexity index is 1240. The number of amides is 2. The number of methoxy groups -OCH3 is 1. The molecular formula is C22H20FN3O5S. The van der Waals surface area contributed by atoms with Crippen LogP contribution in [0.25, 0.3) is 0 Å². The minimum atomic E-state index is -3.91. The number of anilines is 3. The van der Waals surface area contributed by atoms with Crippen molar-refractivity contribution in [1.29, 1.82) is 0 Å². The standard InChI is InChI=1S/C22H20FN3O5S/c1-14(27)24-20-13-18(9-12-21(20)31-2)25-22(28)15-3-10-19(11-4-15)32(29,30)26-17-7-5-16(23)6-8-17/h3-13,26H,1-2H3,(H,24,27)(H,25,28). The number of hydrogen-bond donors (Lipinski definition) is 3. The number of benzene rings is 3. The molecule has 0 saturated carbocycles. The summed E-state index contributed by atoms with van der Waals surface area (Å²) in [5.74, 6) is -0.817. The number of hydrogen-bond acceptors (Lipinski definition) is 5. The summed E-state index contributed by atoms with van der Waals surface area (Å²) in [6, 6.07) is 14.9. The molecule has 0 atom stereocenters. The van der Waals surface area contributed by atoms with Gasteiger partial charge in [0.15, 0.2) is 0 Å². The molecule has 0 radical (unpaired) electrons. The van der Waals surface area contributed by atoms with Crippen LogP contribution < -0.4 is 20.1 Å². The average molecular weight is 457 g/mol. The number of nitrogens with one attached hydrogen (secondary N) is 3. The summed E-state index contributed by atoms with van der Waals surface area (Å²) < 4.78 is 45.5. The molecule has 0 unspecified atom stereocenters. The Hall–Kier alpha value is -3.92. The van der Waals surface area contributed by atoms with Crippen LogP contribution in [0.2, 0.25) is 0 Å². The second-order valence-electron chi connectivity index (χ2n) is 6.69. The van der Waals surface area contributed by atoms with Crippen LogP contribution in [-0.2, 0) is 14.8 Å². The van der Waals surface area contributed by atoms with Crippen molar-refractivity contribution in [1.82, 2.24) is 0 Å². The maximum absolute atomic E-state index is 13.0. The van der Waals surface area contributed by atoms with E-state index in [2.05, 4.69) is 15.4 Å². The van der Waals surface area contributed by atoms with Crippen LogP contribution >= 0.6 is 0 Å². The maximum atomic E-state index is 13.0. The fourth-order valence-electron chi connectivity index (χ4n) is 2.79. The quantitative estimate of drug-likeness (QED) is 0.499. The van der Waals surface area contributed by atoms with Gasteiger partial charge in [0.05, 0.1) is 17.7 Å². The minimum absolute atomic E-state index is 0.0595. The van der Waals surface area contributed by atoms with Crippen LogP contribution in [0.3, 0.4) is 0 Å². The molecule has 166 valence electrons. The molecule has 0 aliphatic heterocycles. The smallest absolute Gasteiger partial charge is 0.261 e. The van der Waals surface area contributed by atoms with Gasteiger partial charge in [-0.15, -0.1) is 0 Å². The first-order chi connectivity index (χ1) is 15.2. The highest BCUT2D eigenvalue weighted by atomic mass is 32.2. The van der Waals surface area contributed by atoms with E-state index in [1.54, 1.807) is 18.2 Å². The van der Waals surface area contributed by atoms with Gasteiger partial charge >= 0.3 is 0 Å². The molecule has 0 fully saturated rings. The predicted octanol–water partition coefficient (Wildman–Crippen LogP) is 3.85. The fourth-order valence-corrected chi connectivity index (χ4v) is 3.85. The number of halogens is 1. The number of rotatable bonds is 7. The Kier molecular flexibility index (Phi) is 6.74. The summed E-state index contributed by atoms with van der Waals surface area (Å²) in [4.78, 5) is 23.9. The van der Waals surface area contributed by atoms with Crippen LogP contribution in [0.1, 0.15) is 17.3 Å². The third-order valence-electron chi connectivity index (χ3n) is 4.29. The third kappa shape index (κ3) is 5.61. The van der Waals surface area contributed by atoms with Gasteiger partial charge in [-0.1, -0.05) is 0 Å². The first-order valence-corrected chi connectivity index (χ1v) is 10.8. The Labute approximate surface area is 184 Å². The van der Waals surface area contributed by atoms with E-state index in [1.165, 1.54) is 50.4 Å². The predicted molar refractivity (Wildman–Crippen MR) is 119 cm³/mol. The van der Waals surface area contributed by atoms with E-state index in [0.717, 1.165) is 12.1 Å². The molecule has 32 heavy (non-hydrogen) atoms. The molecule has 3 rings (SSSR count). The minimum Gasteiger partial charge on any atom is -0.495 e. The molecule has 3 N–H and O–H groups in total. The average Bonchev–Trinajstić information content (AvgIpc) is 2.75. The maximum Gasteiger partial charge on any atom is 0.261 e. The summed E-state index contributed by atoms with van der Waals surface area (Å²) in [6.07, 6.45) is 0. The third-order valence-corrected chi connectivity index (χ3v) is 5.69. The molecule has 0 aromatic heterocycles. The highest BCUT2D eigenvalue weighted by Crippen LogP contribution is 2.28. The molecule has 0 aliphatic carbocycles. The Morgan fingerprint density at radius 2 is 1.50 bits per heavy atom. The fraction of sp³-hybridized carbons (Fsp3) is 0.0909. The summed E-state index contributed by atoms with van der Waals surface area (Å²) in [5, 5.41) is 5.30. The highest BCUT2D eigenvalue weighted by Gasteiger charge is 2.16. The van der Waals surface area contributed by atoms with Crippen LogP contribution in [0.5, 0.6) is 5.75 Å². The van der Waals surface area contributed by atoms with E-state index in [0.29, 0.717) is 17.1 Å². The number of carbonyl (C=O) groups is 2. The van der Waals surface area contributed by atoms with Crippen molar-refractivity contribution in [2.24, 2.45) is 0 Å². The Balaban J connectivity index is 1.73. The summed E-state index contributed by atoms with van der Waals surface area (Å²) in [6.45, 7) is 1.35. The lowest BCUT2D eigenvalue weighted by Crippen LogP contribution is -2.15. The summed E-state index contributed by atoms with van der Waals surface area (Å²) in [7, 11) is -2.45. The topological polar surface area (TPSA) is 114 Å². The van der Waals surface area contributed by atoms with Gasteiger partial charge < -0.3 is 15.4 Å². The van der Waals surface area contributed by atoms with Gasteiger partial charge in [0.1, 0.15) is 11.6 Å². The highest BCUT2D eigenvalue weighted by molar-refractivity contribution is 7.92. The zero-order valence-electron chi connectivity index (χ0n) is 17.2. The number of sulfonamides is 1. The van der Waals surface area contributed by atoms with Crippen LogP contribution in [0.15, 0.2) is 71.6 Å². The lowest BCUT2D eigenvalue weighted by atomic mass is 10.2. The lowest BCUT2D eigenvalue weighted by molar-refractivity contribution is -0.114. The number of carbonyl (C=O) groups excluding carboxylic acids is 2. The summed E-state index contributed by atoms with van der Waals surface area (Å²) >= 11 is 0. The van der Waals surface area contributed by atoms with Gasteiger partial charge in [0, 0.05) is 23.9 Å². The molecule has 0 bridgehead atoms. The molecule has 0 spiro atoms.